The summed E-state index contributed by atoms with van der Waals surface area (Å²) in [5, 5.41) is 1.72. The van der Waals surface area contributed by atoms with Crippen LogP contribution in [0.4, 0.5) is 4.39 Å². The number of rotatable bonds is 2. The van der Waals surface area contributed by atoms with E-state index in [1.54, 1.807) is 6.07 Å². The van der Waals surface area contributed by atoms with E-state index in [-0.39, 0.29) is 5.82 Å². The molecule has 0 aliphatic carbocycles. The molecular weight excluding hydrogens is 321 g/mol. The number of para-hydroxylation sites is 1. The Bertz CT molecular complexity index is 1030. The Kier molecular flexibility index (Phi) is 3.75. The summed E-state index contributed by atoms with van der Waals surface area (Å²) in [6, 6.07) is 24.2. The van der Waals surface area contributed by atoms with Crippen LogP contribution in [-0.4, -0.2) is 4.98 Å². The summed E-state index contributed by atoms with van der Waals surface area (Å²) >= 11 is 5.94. The molecule has 0 aliphatic rings. The molecule has 1 heterocycles. The summed E-state index contributed by atoms with van der Waals surface area (Å²) in [5.74, 6) is -0.282. The predicted molar refractivity (Wildman–Crippen MR) is 97.6 cm³/mol. The average Bonchev–Trinajstić information content (AvgIpc) is 2.62. The molecule has 0 fully saturated rings. The van der Waals surface area contributed by atoms with Gasteiger partial charge in [0.2, 0.25) is 0 Å². The first kappa shape index (κ1) is 14.9. The van der Waals surface area contributed by atoms with E-state index in [2.05, 4.69) is 4.98 Å². The van der Waals surface area contributed by atoms with E-state index in [9.17, 15) is 4.39 Å². The van der Waals surface area contributed by atoms with Gasteiger partial charge in [0.05, 0.1) is 11.2 Å². The molecule has 0 saturated heterocycles. The van der Waals surface area contributed by atoms with E-state index in [1.807, 2.05) is 66.7 Å². The maximum Gasteiger partial charge on any atom is 0.132 e. The number of halogens is 2. The molecule has 0 unspecified atom stereocenters. The summed E-state index contributed by atoms with van der Waals surface area (Å²) in [4.78, 5) is 4.59. The third-order valence-corrected chi connectivity index (χ3v) is 4.27. The quantitative estimate of drug-likeness (QED) is 0.416. The molecule has 4 aromatic rings. The van der Waals surface area contributed by atoms with Crippen molar-refractivity contribution in [1.29, 1.82) is 0 Å². The molecular formula is C21H13ClFN. The van der Waals surface area contributed by atoms with Crippen molar-refractivity contribution in [2.24, 2.45) is 0 Å². The van der Waals surface area contributed by atoms with Crippen LogP contribution in [0.5, 0.6) is 0 Å². The van der Waals surface area contributed by atoms with Crippen LogP contribution in [0, 0.1) is 5.82 Å². The SMILES string of the molecule is Fc1ccc(-c2ccc(Cl)cc2)cc1-c1ccc2ccccc2n1. The molecule has 0 saturated carbocycles. The predicted octanol–water partition coefficient (Wildman–Crippen LogP) is 6.36. The number of benzene rings is 3. The van der Waals surface area contributed by atoms with E-state index >= 15 is 0 Å². The number of pyridine rings is 1. The number of aromatic nitrogens is 1. The molecule has 3 heteroatoms. The molecule has 24 heavy (non-hydrogen) atoms. The van der Waals surface area contributed by atoms with Gasteiger partial charge in [-0.05, 0) is 47.5 Å². The minimum Gasteiger partial charge on any atom is -0.248 e. The van der Waals surface area contributed by atoms with E-state index in [0.29, 0.717) is 16.3 Å². The molecule has 116 valence electrons. The molecule has 0 radical (unpaired) electrons. The Hall–Kier alpha value is -2.71. The monoisotopic (exact) mass is 333 g/mol. The first-order valence-electron chi connectivity index (χ1n) is 7.62. The number of hydrogen-bond donors (Lipinski definition) is 0. The van der Waals surface area contributed by atoms with Gasteiger partial charge in [0.15, 0.2) is 0 Å². The molecule has 0 amide bonds. The second-order valence-corrected chi connectivity index (χ2v) is 6.03. The number of fused-ring (bicyclic) bond motifs is 1. The highest BCUT2D eigenvalue weighted by Gasteiger charge is 2.09. The van der Waals surface area contributed by atoms with E-state index in [4.69, 9.17) is 11.6 Å². The summed E-state index contributed by atoms with van der Waals surface area (Å²) in [6.45, 7) is 0. The molecule has 3 aromatic carbocycles. The number of hydrogen-bond acceptors (Lipinski definition) is 1. The fraction of sp³-hybridized carbons (Fsp3) is 0. The van der Waals surface area contributed by atoms with Crippen molar-refractivity contribution < 1.29 is 4.39 Å². The Morgan fingerprint density at radius 1 is 0.750 bits per heavy atom. The second-order valence-electron chi connectivity index (χ2n) is 5.59. The third-order valence-electron chi connectivity index (χ3n) is 4.02. The van der Waals surface area contributed by atoms with Crippen LogP contribution in [0.1, 0.15) is 0 Å². The fourth-order valence-corrected chi connectivity index (χ4v) is 2.89. The maximum atomic E-state index is 14.4. The Morgan fingerprint density at radius 2 is 1.50 bits per heavy atom. The zero-order valence-electron chi connectivity index (χ0n) is 12.7. The smallest absolute Gasteiger partial charge is 0.132 e. The Balaban J connectivity index is 1.84. The molecule has 0 atom stereocenters. The lowest BCUT2D eigenvalue weighted by Crippen LogP contribution is -1.90. The van der Waals surface area contributed by atoms with Crippen molar-refractivity contribution >= 4 is 22.5 Å². The van der Waals surface area contributed by atoms with Crippen molar-refractivity contribution in [3.8, 4) is 22.4 Å². The van der Waals surface area contributed by atoms with Gasteiger partial charge in [0.1, 0.15) is 5.82 Å². The molecule has 0 spiro atoms. The summed E-state index contributed by atoms with van der Waals surface area (Å²) in [6.07, 6.45) is 0. The lowest BCUT2D eigenvalue weighted by atomic mass is 10.0. The van der Waals surface area contributed by atoms with Crippen LogP contribution in [0.15, 0.2) is 78.9 Å². The summed E-state index contributed by atoms with van der Waals surface area (Å²) < 4.78 is 14.4. The first-order chi connectivity index (χ1) is 11.7. The highest BCUT2D eigenvalue weighted by Crippen LogP contribution is 2.29. The van der Waals surface area contributed by atoms with Crippen LogP contribution >= 0.6 is 11.6 Å². The molecule has 4 rings (SSSR count). The van der Waals surface area contributed by atoms with Gasteiger partial charge in [-0.15, -0.1) is 0 Å². The number of nitrogens with zero attached hydrogens (tertiary/aromatic N) is 1. The summed E-state index contributed by atoms with van der Waals surface area (Å²) in [7, 11) is 0. The highest BCUT2D eigenvalue weighted by molar-refractivity contribution is 6.30. The molecule has 1 aromatic heterocycles. The minimum atomic E-state index is -0.282. The lowest BCUT2D eigenvalue weighted by Gasteiger charge is -2.08. The van der Waals surface area contributed by atoms with Crippen molar-refractivity contribution in [1.82, 2.24) is 4.98 Å². The average molecular weight is 334 g/mol. The maximum absolute atomic E-state index is 14.4. The van der Waals surface area contributed by atoms with Gasteiger partial charge in [0, 0.05) is 16.0 Å². The summed E-state index contributed by atoms with van der Waals surface area (Å²) in [5.41, 5.74) is 3.89. The fourth-order valence-electron chi connectivity index (χ4n) is 2.76. The van der Waals surface area contributed by atoms with Gasteiger partial charge in [-0.25, -0.2) is 9.37 Å². The highest BCUT2D eigenvalue weighted by atomic mass is 35.5. The second kappa shape index (κ2) is 6.06. The van der Waals surface area contributed by atoms with Crippen LogP contribution in [0.3, 0.4) is 0 Å². The van der Waals surface area contributed by atoms with Crippen molar-refractivity contribution in [2.75, 3.05) is 0 Å². The Labute approximate surface area is 144 Å². The van der Waals surface area contributed by atoms with Gasteiger partial charge in [-0.1, -0.05) is 54.1 Å². The Morgan fingerprint density at radius 3 is 2.33 bits per heavy atom. The van der Waals surface area contributed by atoms with Crippen LogP contribution < -0.4 is 0 Å². The molecule has 0 bridgehead atoms. The van der Waals surface area contributed by atoms with Gasteiger partial charge in [-0.2, -0.15) is 0 Å². The van der Waals surface area contributed by atoms with Gasteiger partial charge >= 0.3 is 0 Å². The zero-order valence-corrected chi connectivity index (χ0v) is 13.5. The van der Waals surface area contributed by atoms with E-state index in [1.165, 1.54) is 6.07 Å². The van der Waals surface area contributed by atoms with Crippen LogP contribution in [0.2, 0.25) is 5.02 Å². The first-order valence-corrected chi connectivity index (χ1v) is 8.00. The van der Waals surface area contributed by atoms with Gasteiger partial charge in [-0.3, -0.25) is 0 Å². The van der Waals surface area contributed by atoms with E-state index < -0.39 is 0 Å². The largest absolute Gasteiger partial charge is 0.248 e. The van der Waals surface area contributed by atoms with Gasteiger partial charge in [0.25, 0.3) is 0 Å². The van der Waals surface area contributed by atoms with Crippen molar-refractivity contribution in [2.45, 2.75) is 0 Å². The standard InChI is InChI=1S/C21H13ClFN/c22-17-9-5-14(6-10-17)16-7-11-19(23)18(13-16)21-12-8-15-3-1-2-4-20(15)24-21/h1-13H. The molecule has 1 nitrogen and oxygen atoms in total. The molecule has 0 aliphatic heterocycles. The van der Waals surface area contributed by atoms with Crippen LogP contribution in [-0.2, 0) is 0 Å². The van der Waals surface area contributed by atoms with Crippen LogP contribution in [0.25, 0.3) is 33.3 Å². The minimum absolute atomic E-state index is 0.282. The van der Waals surface area contributed by atoms with Crippen molar-refractivity contribution in [3.63, 3.8) is 0 Å². The normalized spacial score (nSPS) is 10.9. The van der Waals surface area contributed by atoms with E-state index in [0.717, 1.165) is 22.0 Å². The van der Waals surface area contributed by atoms with Gasteiger partial charge < -0.3 is 0 Å². The third kappa shape index (κ3) is 2.77. The lowest BCUT2D eigenvalue weighted by molar-refractivity contribution is 0.631. The zero-order chi connectivity index (χ0) is 16.5. The molecule has 0 N–H and O–H groups in total. The van der Waals surface area contributed by atoms with Crippen molar-refractivity contribution in [3.05, 3.63) is 89.7 Å². The topological polar surface area (TPSA) is 12.9 Å².